The first kappa shape index (κ1) is 11.6. The number of nitrogens with zero attached hydrogens (tertiary/aromatic N) is 1. The van der Waals surface area contributed by atoms with Crippen molar-refractivity contribution in [2.45, 2.75) is 32.7 Å². The highest BCUT2D eigenvalue weighted by Gasteiger charge is 2.18. The van der Waals surface area contributed by atoms with Crippen LogP contribution >= 0.6 is 0 Å². The van der Waals surface area contributed by atoms with E-state index in [-0.39, 0.29) is 5.82 Å². The summed E-state index contributed by atoms with van der Waals surface area (Å²) < 4.78 is 12.8. The molecule has 2 rings (SSSR count). The number of halogens is 1. The van der Waals surface area contributed by atoms with E-state index >= 15 is 0 Å². The normalized spacial score (nSPS) is 22.2. The van der Waals surface area contributed by atoms with Gasteiger partial charge in [0.15, 0.2) is 0 Å². The van der Waals surface area contributed by atoms with Gasteiger partial charge in [-0.05, 0) is 43.0 Å². The lowest BCUT2D eigenvalue weighted by molar-refractivity contribution is 0.164. The molecule has 0 bridgehead atoms. The molecule has 1 aliphatic rings. The van der Waals surface area contributed by atoms with E-state index in [2.05, 4.69) is 11.8 Å². The summed E-state index contributed by atoms with van der Waals surface area (Å²) >= 11 is 0. The minimum absolute atomic E-state index is 0.145. The molecule has 1 atom stereocenters. The summed E-state index contributed by atoms with van der Waals surface area (Å²) in [5.74, 6) is 0.711. The SMILES string of the molecule is CC[C@@H]1CCCN(Cc2ccc(F)cc2)C1. The van der Waals surface area contributed by atoms with Crippen LogP contribution in [0.1, 0.15) is 31.7 Å². The predicted octanol–water partition coefficient (Wildman–Crippen LogP) is 3.45. The van der Waals surface area contributed by atoms with Crippen LogP contribution in [0.3, 0.4) is 0 Å². The van der Waals surface area contributed by atoms with Gasteiger partial charge < -0.3 is 0 Å². The van der Waals surface area contributed by atoms with E-state index in [0.717, 1.165) is 12.5 Å². The van der Waals surface area contributed by atoms with Crippen LogP contribution in [-0.2, 0) is 6.54 Å². The largest absolute Gasteiger partial charge is 0.299 e. The van der Waals surface area contributed by atoms with Gasteiger partial charge in [0.2, 0.25) is 0 Å². The number of hydrogen-bond donors (Lipinski definition) is 0. The molecule has 0 amide bonds. The van der Waals surface area contributed by atoms with Gasteiger partial charge in [-0.1, -0.05) is 25.5 Å². The molecule has 1 aliphatic heterocycles. The first-order chi connectivity index (χ1) is 7.78. The highest BCUT2D eigenvalue weighted by atomic mass is 19.1. The fraction of sp³-hybridized carbons (Fsp3) is 0.571. The van der Waals surface area contributed by atoms with Gasteiger partial charge in [-0.3, -0.25) is 4.90 Å². The van der Waals surface area contributed by atoms with E-state index in [1.165, 1.54) is 37.9 Å². The first-order valence-corrected chi connectivity index (χ1v) is 6.24. The molecule has 0 aliphatic carbocycles. The summed E-state index contributed by atoms with van der Waals surface area (Å²) in [4.78, 5) is 2.49. The van der Waals surface area contributed by atoms with Gasteiger partial charge in [-0.15, -0.1) is 0 Å². The number of likely N-dealkylation sites (tertiary alicyclic amines) is 1. The fourth-order valence-corrected chi connectivity index (χ4v) is 2.48. The molecule has 0 spiro atoms. The van der Waals surface area contributed by atoms with Gasteiger partial charge >= 0.3 is 0 Å². The van der Waals surface area contributed by atoms with E-state index in [9.17, 15) is 4.39 Å². The zero-order valence-electron chi connectivity index (χ0n) is 9.95. The van der Waals surface area contributed by atoms with Crippen molar-refractivity contribution >= 4 is 0 Å². The lowest BCUT2D eigenvalue weighted by atomic mass is 9.95. The van der Waals surface area contributed by atoms with Crippen molar-refractivity contribution in [2.75, 3.05) is 13.1 Å². The van der Waals surface area contributed by atoms with Crippen molar-refractivity contribution in [1.82, 2.24) is 4.90 Å². The van der Waals surface area contributed by atoms with Crippen molar-refractivity contribution in [3.63, 3.8) is 0 Å². The molecule has 0 aromatic heterocycles. The quantitative estimate of drug-likeness (QED) is 0.755. The monoisotopic (exact) mass is 221 g/mol. The molecule has 0 N–H and O–H groups in total. The first-order valence-electron chi connectivity index (χ1n) is 6.24. The molecule has 16 heavy (non-hydrogen) atoms. The summed E-state index contributed by atoms with van der Waals surface area (Å²) in [6.07, 6.45) is 3.95. The lowest BCUT2D eigenvalue weighted by Crippen LogP contribution is -2.34. The maximum atomic E-state index is 12.8. The molecule has 0 radical (unpaired) electrons. The topological polar surface area (TPSA) is 3.24 Å². The van der Waals surface area contributed by atoms with E-state index in [1.54, 1.807) is 12.1 Å². The molecule has 88 valence electrons. The van der Waals surface area contributed by atoms with Gasteiger partial charge in [0, 0.05) is 13.1 Å². The van der Waals surface area contributed by atoms with Gasteiger partial charge in [0.05, 0.1) is 0 Å². The van der Waals surface area contributed by atoms with Crippen molar-refractivity contribution in [3.8, 4) is 0 Å². The molecule has 1 heterocycles. The maximum Gasteiger partial charge on any atom is 0.123 e. The van der Waals surface area contributed by atoms with Crippen molar-refractivity contribution in [3.05, 3.63) is 35.6 Å². The summed E-state index contributed by atoms with van der Waals surface area (Å²) in [5.41, 5.74) is 1.22. The fourth-order valence-electron chi connectivity index (χ4n) is 2.48. The van der Waals surface area contributed by atoms with E-state index < -0.39 is 0 Å². The highest BCUT2D eigenvalue weighted by Crippen LogP contribution is 2.20. The molecule has 0 unspecified atom stereocenters. The van der Waals surface area contributed by atoms with Crippen LogP contribution in [0.4, 0.5) is 4.39 Å². The van der Waals surface area contributed by atoms with Crippen LogP contribution in [0.5, 0.6) is 0 Å². The van der Waals surface area contributed by atoms with Crippen LogP contribution in [-0.4, -0.2) is 18.0 Å². The third kappa shape index (κ3) is 3.05. The Hall–Kier alpha value is -0.890. The van der Waals surface area contributed by atoms with Crippen molar-refractivity contribution in [1.29, 1.82) is 0 Å². The molecule has 1 saturated heterocycles. The highest BCUT2D eigenvalue weighted by molar-refractivity contribution is 5.15. The Balaban J connectivity index is 1.91. The van der Waals surface area contributed by atoms with Gasteiger partial charge in [0.1, 0.15) is 5.82 Å². The second-order valence-corrected chi connectivity index (χ2v) is 4.78. The molecule has 0 saturated carbocycles. The van der Waals surface area contributed by atoms with Crippen LogP contribution in [0.15, 0.2) is 24.3 Å². The predicted molar refractivity (Wildman–Crippen MR) is 64.7 cm³/mol. The Bertz CT molecular complexity index is 320. The van der Waals surface area contributed by atoms with E-state index in [0.29, 0.717) is 0 Å². The van der Waals surface area contributed by atoms with Crippen LogP contribution in [0.25, 0.3) is 0 Å². The molecular weight excluding hydrogens is 201 g/mol. The molecule has 1 aromatic rings. The second kappa shape index (κ2) is 5.44. The third-order valence-electron chi connectivity index (χ3n) is 3.50. The zero-order valence-corrected chi connectivity index (χ0v) is 9.95. The molecule has 2 heteroatoms. The molecule has 1 fully saturated rings. The van der Waals surface area contributed by atoms with E-state index in [4.69, 9.17) is 0 Å². The Morgan fingerprint density at radius 1 is 1.31 bits per heavy atom. The standard InChI is InChI=1S/C14H20FN/c1-2-12-4-3-9-16(10-12)11-13-5-7-14(15)8-6-13/h5-8,12H,2-4,9-11H2,1H3/t12-/m1/s1. The molecule has 1 aromatic carbocycles. The van der Waals surface area contributed by atoms with Crippen molar-refractivity contribution < 1.29 is 4.39 Å². The van der Waals surface area contributed by atoms with Crippen molar-refractivity contribution in [2.24, 2.45) is 5.92 Å². The summed E-state index contributed by atoms with van der Waals surface area (Å²) in [5, 5.41) is 0. The minimum Gasteiger partial charge on any atom is -0.299 e. The third-order valence-corrected chi connectivity index (χ3v) is 3.50. The Labute approximate surface area is 97.3 Å². The molecular formula is C14H20FN. The Morgan fingerprint density at radius 2 is 2.06 bits per heavy atom. The van der Waals surface area contributed by atoms with Crippen LogP contribution in [0.2, 0.25) is 0 Å². The minimum atomic E-state index is -0.145. The van der Waals surface area contributed by atoms with Crippen LogP contribution in [0, 0.1) is 11.7 Å². The number of benzene rings is 1. The van der Waals surface area contributed by atoms with Gasteiger partial charge in [0.25, 0.3) is 0 Å². The number of piperidine rings is 1. The van der Waals surface area contributed by atoms with E-state index in [1.807, 2.05) is 12.1 Å². The second-order valence-electron chi connectivity index (χ2n) is 4.78. The smallest absolute Gasteiger partial charge is 0.123 e. The summed E-state index contributed by atoms with van der Waals surface area (Å²) in [7, 11) is 0. The van der Waals surface area contributed by atoms with Crippen LogP contribution < -0.4 is 0 Å². The van der Waals surface area contributed by atoms with Gasteiger partial charge in [-0.25, -0.2) is 4.39 Å². The lowest BCUT2D eigenvalue weighted by Gasteiger charge is -2.32. The average Bonchev–Trinajstić information content (AvgIpc) is 2.32. The van der Waals surface area contributed by atoms with Gasteiger partial charge in [-0.2, -0.15) is 0 Å². The summed E-state index contributed by atoms with van der Waals surface area (Å²) in [6.45, 7) is 5.63. The Kier molecular flexibility index (Phi) is 3.94. The number of rotatable bonds is 3. The maximum absolute atomic E-state index is 12.8. The summed E-state index contributed by atoms with van der Waals surface area (Å²) in [6, 6.07) is 6.89. The average molecular weight is 221 g/mol. The molecule has 1 nitrogen and oxygen atoms in total. The zero-order chi connectivity index (χ0) is 11.4. The number of hydrogen-bond acceptors (Lipinski definition) is 1. The Morgan fingerprint density at radius 3 is 2.75 bits per heavy atom.